The molecule has 0 bridgehead atoms. The van der Waals surface area contributed by atoms with Gasteiger partial charge >= 0.3 is 0 Å². The average Bonchev–Trinajstić information content (AvgIpc) is 2.45. The number of nitrogens with one attached hydrogen (secondary N) is 1. The molecule has 0 aliphatic rings. The van der Waals surface area contributed by atoms with Crippen molar-refractivity contribution in [2.75, 3.05) is 7.05 Å². The maximum atomic E-state index is 11.2. The molecule has 0 unspecified atom stereocenters. The van der Waals surface area contributed by atoms with Crippen LogP contribution in [0.2, 0.25) is 0 Å². The minimum absolute atomic E-state index is 0.0532. The van der Waals surface area contributed by atoms with E-state index in [2.05, 4.69) is 10.3 Å². The first-order valence-electron chi connectivity index (χ1n) is 3.61. The van der Waals surface area contributed by atoms with E-state index in [0.717, 1.165) is 0 Å². The molecule has 0 aromatic carbocycles. The molecule has 1 rings (SSSR count). The third-order valence-electron chi connectivity index (χ3n) is 1.61. The maximum absolute atomic E-state index is 11.2. The van der Waals surface area contributed by atoms with E-state index in [1.807, 2.05) is 0 Å². The van der Waals surface area contributed by atoms with E-state index in [1.54, 1.807) is 7.05 Å². The van der Waals surface area contributed by atoms with Crippen LogP contribution >= 0.6 is 0 Å². The molecule has 13 heavy (non-hydrogen) atoms. The lowest BCUT2D eigenvalue weighted by atomic mass is 10.3. The summed E-state index contributed by atoms with van der Waals surface area (Å²) in [6.45, 7) is 0. The molecule has 0 atom stereocenters. The summed E-state index contributed by atoms with van der Waals surface area (Å²) >= 11 is 0. The van der Waals surface area contributed by atoms with E-state index >= 15 is 0 Å². The van der Waals surface area contributed by atoms with E-state index in [-0.39, 0.29) is 11.4 Å². The van der Waals surface area contributed by atoms with Crippen molar-refractivity contribution in [2.24, 2.45) is 12.8 Å². The summed E-state index contributed by atoms with van der Waals surface area (Å²) in [7, 11) is 3.06. The molecule has 0 aliphatic carbocycles. The van der Waals surface area contributed by atoms with Crippen LogP contribution < -0.4 is 11.1 Å². The Hall–Kier alpha value is -1.85. The Morgan fingerprint density at radius 2 is 2.23 bits per heavy atom. The molecular weight excluding hydrogens is 172 g/mol. The number of aryl methyl sites for hydroxylation is 1. The summed E-state index contributed by atoms with van der Waals surface area (Å²) in [5, 5.41) is 2.37. The molecule has 6 nitrogen and oxygen atoms in total. The topological polar surface area (TPSA) is 90.0 Å². The van der Waals surface area contributed by atoms with Crippen LogP contribution in [0, 0.1) is 0 Å². The first-order valence-corrected chi connectivity index (χ1v) is 3.61. The number of aromatic nitrogens is 2. The molecule has 1 aromatic heterocycles. The van der Waals surface area contributed by atoms with Crippen molar-refractivity contribution in [3.8, 4) is 0 Å². The van der Waals surface area contributed by atoms with E-state index in [1.165, 1.54) is 17.9 Å². The van der Waals surface area contributed by atoms with Gasteiger partial charge < -0.3 is 15.6 Å². The smallest absolute Gasteiger partial charge is 0.272 e. The Morgan fingerprint density at radius 3 is 2.69 bits per heavy atom. The number of rotatable bonds is 2. The predicted octanol–water partition coefficient (Wildman–Crippen LogP) is -1.12. The van der Waals surface area contributed by atoms with E-state index in [9.17, 15) is 9.59 Å². The average molecular weight is 182 g/mol. The summed E-state index contributed by atoms with van der Waals surface area (Å²) in [6, 6.07) is 0. The fraction of sp³-hybridized carbons (Fsp3) is 0.286. The van der Waals surface area contributed by atoms with Gasteiger partial charge in [-0.05, 0) is 0 Å². The molecule has 0 fully saturated rings. The first-order chi connectivity index (χ1) is 6.07. The number of nitrogens with zero attached hydrogens (tertiary/aromatic N) is 2. The second-order valence-corrected chi connectivity index (χ2v) is 2.50. The van der Waals surface area contributed by atoms with Gasteiger partial charge in [-0.2, -0.15) is 0 Å². The van der Waals surface area contributed by atoms with Crippen molar-refractivity contribution in [2.45, 2.75) is 0 Å². The highest BCUT2D eigenvalue weighted by molar-refractivity contribution is 6.04. The molecule has 0 radical (unpaired) electrons. The number of carbonyl (C=O) groups is 2. The number of primary amides is 1. The minimum Gasteiger partial charge on any atom is -0.364 e. The number of nitrogens with two attached hydrogens (primary N) is 1. The largest absolute Gasteiger partial charge is 0.364 e. The second-order valence-electron chi connectivity index (χ2n) is 2.50. The van der Waals surface area contributed by atoms with Crippen LogP contribution in [-0.4, -0.2) is 28.4 Å². The summed E-state index contributed by atoms with van der Waals surface area (Å²) < 4.78 is 1.41. The lowest BCUT2D eigenvalue weighted by Gasteiger charge is -1.99. The molecule has 0 saturated carbocycles. The number of amides is 2. The van der Waals surface area contributed by atoms with E-state index in [0.29, 0.717) is 0 Å². The monoisotopic (exact) mass is 182 g/mol. The van der Waals surface area contributed by atoms with Gasteiger partial charge in [0.25, 0.3) is 11.8 Å². The van der Waals surface area contributed by atoms with Gasteiger partial charge in [-0.15, -0.1) is 0 Å². The second kappa shape index (κ2) is 3.26. The Morgan fingerprint density at radius 1 is 1.62 bits per heavy atom. The third-order valence-corrected chi connectivity index (χ3v) is 1.61. The fourth-order valence-electron chi connectivity index (χ4n) is 1.01. The van der Waals surface area contributed by atoms with Gasteiger partial charge in [0.05, 0.1) is 6.33 Å². The lowest BCUT2D eigenvalue weighted by Crippen LogP contribution is -2.24. The quantitative estimate of drug-likeness (QED) is 0.607. The number of imidazole rings is 1. The van der Waals surface area contributed by atoms with Gasteiger partial charge in [-0.25, -0.2) is 4.98 Å². The normalized spacial score (nSPS) is 9.69. The zero-order valence-corrected chi connectivity index (χ0v) is 7.37. The Labute approximate surface area is 74.7 Å². The number of hydrogen-bond acceptors (Lipinski definition) is 3. The van der Waals surface area contributed by atoms with Gasteiger partial charge in [0.1, 0.15) is 5.69 Å². The summed E-state index contributed by atoms with van der Waals surface area (Å²) in [5.74, 6) is -1.09. The van der Waals surface area contributed by atoms with Crippen molar-refractivity contribution >= 4 is 11.8 Å². The number of carbonyl (C=O) groups excluding carboxylic acids is 2. The van der Waals surface area contributed by atoms with E-state index in [4.69, 9.17) is 5.73 Å². The van der Waals surface area contributed by atoms with Crippen molar-refractivity contribution in [3.05, 3.63) is 17.7 Å². The molecule has 1 heterocycles. The molecule has 1 aromatic rings. The van der Waals surface area contributed by atoms with Gasteiger partial charge in [0.2, 0.25) is 0 Å². The molecule has 0 saturated heterocycles. The zero-order valence-electron chi connectivity index (χ0n) is 7.37. The molecule has 0 spiro atoms. The molecule has 3 N–H and O–H groups in total. The van der Waals surface area contributed by atoms with Crippen LogP contribution in [0.4, 0.5) is 0 Å². The van der Waals surface area contributed by atoms with E-state index < -0.39 is 11.8 Å². The summed E-state index contributed by atoms with van der Waals surface area (Å²) in [4.78, 5) is 25.8. The lowest BCUT2D eigenvalue weighted by molar-refractivity contribution is 0.0936. The van der Waals surface area contributed by atoms with Crippen molar-refractivity contribution < 1.29 is 9.59 Å². The van der Waals surface area contributed by atoms with Crippen molar-refractivity contribution in [1.29, 1.82) is 0 Å². The minimum atomic E-state index is -0.668. The van der Waals surface area contributed by atoms with Gasteiger partial charge in [0, 0.05) is 14.1 Å². The van der Waals surface area contributed by atoms with Crippen molar-refractivity contribution in [3.63, 3.8) is 0 Å². The van der Waals surface area contributed by atoms with Crippen LogP contribution in [-0.2, 0) is 7.05 Å². The predicted molar refractivity (Wildman–Crippen MR) is 45.1 cm³/mol. The van der Waals surface area contributed by atoms with Gasteiger partial charge in [0.15, 0.2) is 5.69 Å². The standard InChI is InChI=1S/C7H10N4O2/c1-9-7(13)4-5(6(8)12)11(2)3-10-4/h3H,1-2H3,(H2,8,12)(H,9,13). The molecule has 2 amide bonds. The molecule has 70 valence electrons. The Kier molecular flexibility index (Phi) is 2.32. The van der Waals surface area contributed by atoms with Crippen LogP contribution in [0.1, 0.15) is 21.0 Å². The third kappa shape index (κ3) is 1.51. The van der Waals surface area contributed by atoms with Crippen LogP contribution in [0.3, 0.4) is 0 Å². The number of hydrogen-bond donors (Lipinski definition) is 2. The highest BCUT2D eigenvalue weighted by Crippen LogP contribution is 2.04. The first kappa shape index (κ1) is 9.24. The fourth-order valence-corrected chi connectivity index (χ4v) is 1.01. The maximum Gasteiger partial charge on any atom is 0.272 e. The SMILES string of the molecule is CNC(=O)c1ncn(C)c1C(N)=O. The highest BCUT2D eigenvalue weighted by atomic mass is 16.2. The van der Waals surface area contributed by atoms with Crippen LogP contribution in [0.5, 0.6) is 0 Å². The molecule has 6 heteroatoms. The zero-order chi connectivity index (χ0) is 10.0. The van der Waals surface area contributed by atoms with Crippen molar-refractivity contribution in [1.82, 2.24) is 14.9 Å². The Bertz CT molecular complexity index is 355. The van der Waals surface area contributed by atoms with Gasteiger partial charge in [-0.3, -0.25) is 9.59 Å². The highest BCUT2D eigenvalue weighted by Gasteiger charge is 2.19. The molecule has 0 aliphatic heterocycles. The Balaban J connectivity index is 3.22. The van der Waals surface area contributed by atoms with Crippen LogP contribution in [0.25, 0.3) is 0 Å². The molecular formula is C7H10N4O2. The summed E-state index contributed by atoms with van der Waals surface area (Å²) in [6.07, 6.45) is 1.37. The summed E-state index contributed by atoms with van der Waals surface area (Å²) in [5.41, 5.74) is 5.24. The van der Waals surface area contributed by atoms with Crippen LogP contribution in [0.15, 0.2) is 6.33 Å². The van der Waals surface area contributed by atoms with Gasteiger partial charge in [-0.1, -0.05) is 0 Å².